The van der Waals surface area contributed by atoms with Gasteiger partial charge in [0.25, 0.3) is 0 Å². The van der Waals surface area contributed by atoms with Gasteiger partial charge in [-0.1, -0.05) is 6.07 Å². The summed E-state index contributed by atoms with van der Waals surface area (Å²) in [6.07, 6.45) is 6.69. The maximum absolute atomic E-state index is 3.77. The molecule has 0 amide bonds. The van der Waals surface area contributed by atoms with Gasteiger partial charge in [-0.25, -0.2) is 0 Å². The first kappa shape index (κ1) is 15.5. The molecule has 2 aliphatic heterocycles. The summed E-state index contributed by atoms with van der Waals surface area (Å²) in [7, 11) is 0. The highest BCUT2D eigenvalue weighted by molar-refractivity contribution is 7.09. The fourth-order valence-electron chi connectivity index (χ4n) is 3.52. The van der Waals surface area contributed by atoms with Crippen LogP contribution in [0.4, 0.5) is 0 Å². The van der Waals surface area contributed by atoms with Gasteiger partial charge in [-0.15, -0.1) is 11.3 Å². The first-order valence-corrected chi connectivity index (χ1v) is 9.48. The van der Waals surface area contributed by atoms with Gasteiger partial charge in [0, 0.05) is 30.6 Å². The van der Waals surface area contributed by atoms with Crippen molar-refractivity contribution in [3.8, 4) is 0 Å². The molecule has 0 atom stereocenters. The molecule has 4 heteroatoms. The molecule has 0 aliphatic carbocycles. The number of thiophene rings is 1. The van der Waals surface area contributed by atoms with E-state index < -0.39 is 0 Å². The van der Waals surface area contributed by atoms with Crippen molar-refractivity contribution in [2.45, 2.75) is 38.1 Å². The number of nitrogens with zero attached hydrogens (tertiary/aromatic N) is 2. The first-order chi connectivity index (χ1) is 10.4. The number of likely N-dealkylation sites (tertiary alicyclic amines) is 2. The normalized spacial score (nSPS) is 22.1. The van der Waals surface area contributed by atoms with Gasteiger partial charge in [0.15, 0.2) is 0 Å². The molecule has 0 radical (unpaired) electrons. The van der Waals surface area contributed by atoms with E-state index in [1.54, 1.807) is 0 Å². The summed E-state index contributed by atoms with van der Waals surface area (Å²) < 4.78 is 0. The van der Waals surface area contributed by atoms with E-state index in [2.05, 4.69) is 32.6 Å². The lowest BCUT2D eigenvalue weighted by molar-refractivity contribution is 0.197. The number of nitrogens with one attached hydrogen (secondary N) is 1. The van der Waals surface area contributed by atoms with Gasteiger partial charge in [-0.05, 0) is 69.7 Å². The van der Waals surface area contributed by atoms with Crippen molar-refractivity contribution < 1.29 is 0 Å². The summed E-state index contributed by atoms with van der Waals surface area (Å²) in [6, 6.07) is 5.18. The molecule has 1 aromatic rings. The van der Waals surface area contributed by atoms with Crippen LogP contribution in [0.2, 0.25) is 0 Å². The van der Waals surface area contributed by atoms with E-state index in [0.29, 0.717) is 0 Å². The zero-order valence-electron chi connectivity index (χ0n) is 13.1. The number of hydrogen-bond donors (Lipinski definition) is 1. The Morgan fingerprint density at radius 3 is 2.52 bits per heavy atom. The summed E-state index contributed by atoms with van der Waals surface area (Å²) >= 11 is 1.89. The maximum Gasteiger partial charge on any atom is 0.0107 e. The van der Waals surface area contributed by atoms with Crippen LogP contribution in [-0.2, 0) is 6.42 Å². The van der Waals surface area contributed by atoms with Crippen LogP contribution in [-0.4, -0.2) is 61.7 Å². The van der Waals surface area contributed by atoms with E-state index >= 15 is 0 Å². The monoisotopic (exact) mass is 307 g/mol. The molecule has 1 aromatic heterocycles. The molecule has 3 nitrogen and oxygen atoms in total. The minimum Gasteiger partial charge on any atom is -0.313 e. The van der Waals surface area contributed by atoms with Crippen LogP contribution < -0.4 is 5.32 Å². The standard InChI is InChI=1S/C17H29N3S/c1-2-10-19(9-1)14-8-18-16-5-11-20(12-6-16)13-7-17-4-3-15-21-17/h3-4,15-16,18H,1-2,5-14H2. The van der Waals surface area contributed by atoms with E-state index in [9.17, 15) is 0 Å². The molecule has 0 aromatic carbocycles. The third-order valence-electron chi connectivity index (χ3n) is 4.90. The third-order valence-corrected chi connectivity index (χ3v) is 5.84. The molecule has 0 saturated carbocycles. The summed E-state index contributed by atoms with van der Waals surface area (Å²) in [4.78, 5) is 6.77. The minimum absolute atomic E-state index is 0.755. The zero-order chi connectivity index (χ0) is 14.3. The largest absolute Gasteiger partial charge is 0.313 e. The summed E-state index contributed by atoms with van der Waals surface area (Å²) in [5, 5.41) is 5.96. The Bertz CT molecular complexity index is 379. The van der Waals surface area contributed by atoms with Gasteiger partial charge < -0.3 is 15.1 Å². The smallest absolute Gasteiger partial charge is 0.0107 e. The zero-order valence-corrected chi connectivity index (χ0v) is 13.9. The lowest BCUT2D eigenvalue weighted by Crippen LogP contribution is -2.44. The molecular weight excluding hydrogens is 278 g/mol. The van der Waals surface area contributed by atoms with Crippen LogP contribution >= 0.6 is 11.3 Å². The van der Waals surface area contributed by atoms with E-state index in [-0.39, 0.29) is 0 Å². The van der Waals surface area contributed by atoms with Crippen molar-refractivity contribution in [2.24, 2.45) is 0 Å². The Balaban J connectivity index is 1.26. The maximum atomic E-state index is 3.77. The lowest BCUT2D eigenvalue weighted by atomic mass is 10.0. The molecule has 0 unspecified atom stereocenters. The molecule has 2 fully saturated rings. The van der Waals surface area contributed by atoms with Gasteiger partial charge in [0.05, 0.1) is 0 Å². The van der Waals surface area contributed by atoms with Crippen LogP contribution in [0.25, 0.3) is 0 Å². The third kappa shape index (κ3) is 5.06. The first-order valence-electron chi connectivity index (χ1n) is 8.60. The highest BCUT2D eigenvalue weighted by atomic mass is 32.1. The van der Waals surface area contributed by atoms with Gasteiger partial charge in [-0.2, -0.15) is 0 Å². The molecule has 1 N–H and O–H groups in total. The fourth-order valence-corrected chi connectivity index (χ4v) is 4.22. The predicted octanol–water partition coefficient (Wildman–Crippen LogP) is 2.44. The average Bonchev–Trinajstić information content (AvgIpc) is 3.20. The average molecular weight is 308 g/mol. The molecule has 3 heterocycles. The van der Waals surface area contributed by atoms with Gasteiger partial charge >= 0.3 is 0 Å². The second-order valence-corrected chi connectivity index (χ2v) is 7.48. The van der Waals surface area contributed by atoms with E-state index in [4.69, 9.17) is 0 Å². The highest BCUT2D eigenvalue weighted by Gasteiger charge is 2.19. The Hall–Kier alpha value is -0.420. The van der Waals surface area contributed by atoms with E-state index in [1.807, 2.05) is 11.3 Å². The Labute approximate surface area is 133 Å². The minimum atomic E-state index is 0.755. The van der Waals surface area contributed by atoms with Crippen LogP contribution in [0.15, 0.2) is 17.5 Å². The van der Waals surface area contributed by atoms with Crippen LogP contribution in [0.3, 0.4) is 0 Å². The van der Waals surface area contributed by atoms with Crippen molar-refractivity contribution >= 4 is 11.3 Å². The second-order valence-electron chi connectivity index (χ2n) is 6.45. The number of piperidine rings is 1. The van der Waals surface area contributed by atoms with Crippen LogP contribution in [0.1, 0.15) is 30.6 Å². The van der Waals surface area contributed by atoms with E-state index in [0.717, 1.165) is 6.04 Å². The van der Waals surface area contributed by atoms with Gasteiger partial charge in [0.2, 0.25) is 0 Å². The van der Waals surface area contributed by atoms with Crippen molar-refractivity contribution in [3.05, 3.63) is 22.4 Å². The van der Waals surface area contributed by atoms with Crippen LogP contribution in [0.5, 0.6) is 0 Å². The molecule has 2 saturated heterocycles. The topological polar surface area (TPSA) is 18.5 Å². The lowest BCUT2D eigenvalue weighted by Gasteiger charge is -2.32. The fraction of sp³-hybridized carbons (Fsp3) is 0.765. The van der Waals surface area contributed by atoms with E-state index in [1.165, 1.54) is 82.8 Å². The van der Waals surface area contributed by atoms with Crippen molar-refractivity contribution in [3.63, 3.8) is 0 Å². The molecule has 21 heavy (non-hydrogen) atoms. The number of rotatable bonds is 7. The van der Waals surface area contributed by atoms with Gasteiger partial charge in [-0.3, -0.25) is 0 Å². The van der Waals surface area contributed by atoms with Crippen LogP contribution in [0, 0.1) is 0 Å². The van der Waals surface area contributed by atoms with Gasteiger partial charge in [0.1, 0.15) is 0 Å². The molecule has 2 aliphatic rings. The molecule has 118 valence electrons. The summed E-state index contributed by atoms with van der Waals surface area (Å²) in [5.74, 6) is 0. The molecular formula is C17H29N3S. The van der Waals surface area contributed by atoms with Crippen molar-refractivity contribution in [1.82, 2.24) is 15.1 Å². The predicted molar refractivity (Wildman–Crippen MR) is 91.2 cm³/mol. The molecule has 0 spiro atoms. The Morgan fingerprint density at radius 1 is 1.05 bits per heavy atom. The highest BCUT2D eigenvalue weighted by Crippen LogP contribution is 2.14. The second kappa shape index (κ2) is 8.28. The number of hydrogen-bond acceptors (Lipinski definition) is 4. The summed E-state index contributed by atoms with van der Waals surface area (Å²) in [6.45, 7) is 8.85. The SMILES string of the molecule is c1csc(CCN2CCC(NCCN3CCCC3)CC2)c1. The Kier molecular flexibility index (Phi) is 6.10. The molecule has 0 bridgehead atoms. The quantitative estimate of drug-likeness (QED) is 0.835. The van der Waals surface area contributed by atoms with Crippen molar-refractivity contribution in [2.75, 3.05) is 45.8 Å². The summed E-state index contributed by atoms with van der Waals surface area (Å²) in [5.41, 5.74) is 0. The van der Waals surface area contributed by atoms with Crippen molar-refractivity contribution in [1.29, 1.82) is 0 Å². The molecule has 3 rings (SSSR count). The Morgan fingerprint density at radius 2 is 1.81 bits per heavy atom.